The molecule has 202 valence electrons. The predicted octanol–water partition coefficient (Wildman–Crippen LogP) is 2.42. The zero-order valence-electron chi connectivity index (χ0n) is 22.2. The first-order chi connectivity index (χ1) is 17.9. The number of fused-ring (bicyclic) bond motifs is 1. The van der Waals surface area contributed by atoms with Crippen LogP contribution in [-0.4, -0.2) is 102 Å². The number of ether oxygens (including phenoxy) is 1. The van der Waals surface area contributed by atoms with Crippen LogP contribution in [0, 0.1) is 5.92 Å². The lowest BCUT2D eigenvalue weighted by Crippen LogP contribution is -2.52. The summed E-state index contributed by atoms with van der Waals surface area (Å²) in [5, 5.41) is 3.06. The number of piperazine rings is 1. The number of amides is 2. The first-order valence-corrected chi connectivity index (χ1v) is 15.0. The smallest absolute Gasteiger partial charge is 0.251 e. The lowest BCUT2D eigenvalue weighted by Gasteiger charge is -2.43. The highest BCUT2D eigenvalue weighted by atomic mass is 32.2. The lowest BCUT2D eigenvalue weighted by atomic mass is 9.91. The van der Waals surface area contributed by atoms with E-state index in [1.807, 2.05) is 44.4 Å². The van der Waals surface area contributed by atoms with Gasteiger partial charge in [-0.15, -0.1) is 0 Å². The number of nitrogens with one attached hydrogen (secondary N) is 1. The normalized spacial score (nSPS) is 27.4. The van der Waals surface area contributed by atoms with Gasteiger partial charge in [0.2, 0.25) is 5.91 Å². The Morgan fingerprint density at radius 3 is 2.41 bits per heavy atom. The average Bonchev–Trinajstić information content (AvgIpc) is 3.43. The highest BCUT2D eigenvalue weighted by molar-refractivity contribution is 7.99. The number of rotatable bonds is 8. The van der Waals surface area contributed by atoms with E-state index in [0.717, 1.165) is 37.9 Å². The molecule has 0 spiro atoms. The van der Waals surface area contributed by atoms with Gasteiger partial charge in [0.25, 0.3) is 5.91 Å². The van der Waals surface area contributed by atoms with Gasteiger partial charge in [0.05, 0.1) is 11.4 Å². The quantitative estimate of drug-likeness (QED) is 0.555. The molecule has 37 heavy (non-hydrogen) atoms. The van der Waals surface area contributed by atoms with Gasteiger partial charge in [0, 0.05) is 50.0 Å². The molecule has 3 aliphatic heterocycles. The van der Waals surface area contributed by atoms with E-state index in [-0.39, 0.29) is 41.5 Å². The molecule has 4 atom stereocenters. The van der Waals surface area contributed by atoms with Crippen LogP contribution >= 0.6 is 11.8 Å². The van der Waals surface area contributed by atoms with E-state index in [0.29, 0.717) is 18.5 Å². The number of nitrogens with zero attached hydrogens (tertiary/aromatic N) is 3. The third-order valence-electron chi connectivity index (χ3n) is 8.43. The zero-order valence-corrected chi connectivity index (χ0v) is 23.0. The molecule has 1 aromatic carbocycles. The van der Waals surface area contributed by atoms with E-state index in [1.165, 1.54) is 19.3 Å². The summed E-state index contributed by atoms with van der Waals surface area (Å²) in [6.45, 7) is 8.79. The molecule has 1 aromatic rings. The second-order valence-corrected chi connectivity index (χ2v) is 12.3. The van der Waals surface area contributed by atoms with Crippen molar-refractivity contribution in [2.45, 2.75) is 69.0 Å². The van der Waals surface area contributed by atoms with Crippen molar-refractivity contribution in [1.29, 1.82) is 0 Å². The number of Topliss-reactive ketones (excluding diaryl/α,β-unsaturated/α-hetero) is 1. The fourth-order valence-electron chi connectivity index (χ4n) is 6.10. The second-order valence-electron chi connectivity index (χ2n) is 11.3. The maximum atomic E-state index is 13.6. The molecule has 0 aromatic heterocycles. The van der Waals surface area contributed by atoms with Crippen molar-refractivity contribution < 1.29 is 19.1 Å². The summed E-state index contributed by atoms with van der Waals surface area (Å²) in [6, 6.07) is 7.29. The van der Waals surface area contributed by atoms with Crippen molar-refractivity contribution in [2.75, 3.05) is 50.5 Å². The number of likely N-dealkylation sites (tertiary alicyclic amines) is 1. The van der Waals surface area contributed by atoms with Crippen LogP contribution < -0.4 is 10.2 Å². The van der Waals surface area contributed by atoms with E-state index in [4.69, 9.17) is 4.74 Å². The number of benzene rings is 1. The molecule has 1 aliphatic carbocycles. The monoisotopic (exact) mass is 528 g/mol. The molecular formula is C28H40N4O4S. The van der Waals surface area contributed by atoms with Gasteiger partial charge in [0.1, 0.15) is 18.7 Å². The summed E-state index contributed by atoms with van der Waals surface area (Å²) >= 11 is 1.62. The van der Waals surface area contributed by atoms with Crippen LogP contribution in [0.1, 0.15) is 49.9 Å². The Kier molecular flexibility index (Phi) is 8.12. The van der Waals surface area contributed by atoms with Crippen molar-refractivity contribution in [3.63, 3.8) is 0 Å². The molecule has 0 unspecified atom stereocenters. The minimum absolute atomic E-state index is 0.0476. The van der Waals surface area contributed by atoms with Crippen molar-refractivity contribution >= 4 is 35.0 Å². The Hall–Kier alpha value is -2.10. The van der Waals surface area contributed by atoms with Crippen LogP contribution in [0.3, 0.4) is 0 Å². The largest absolute Gasteiger partial charge is 0.369 e. The topological polar surface area (TPSA) is 82.2 Å². The molecule has 8 nitrogen and oxygen atoms in total. The molecule has 5 rings (SSSR count). The third-order valence-corrected chi connectivity index (χ3v) is 9.46. The van der Waals surface area contributed by atoms with E-state index < -0.39 is 12.1 Å². The van der Waals surface area contributed by atoms with Crippen LogP contribution in [-0.2, 0) is 14.3 Å². The van der Waals surface area contributed by atoms with Crippen LogP contribution in [0.25, 0.3) is 0 Å². The Bertz CT molecular complexity index is 990. The Morgan fingerprint density at radius 2 is 1.81 bits per heavy atom. The molecule has 3 heterocycles. The van der Waals surface area contributed by atoms with Crippen LogP contribution in [0.5, 0.6) is 0 Å². The summed E-state index contributed by atoms with van der Waals surface area (Å²) < 4.78 is 5.71. The summed E-state index contributed by atoms with van der Waals surface area (Å²) in [5.74, 6) is -0.283. The second kappa shape index (κ2) is 11.3. The zero-order chi connectivity index (χ0) is 26.1. The number of thioether (sulfide) groups is 1. The number of hydrogen-bond donors (Lipinski definition) is 1. The summed E-state index contributed by atoms with van der Waals surface area (Å²) in [7, 11) is 0. The maximum Gasteiger partial charge on any atom is 0.251 e. The fourth-order valence-corrected chi connectivity index (χ4v) is 6.91. The number of anilines is 1. The van der Waals surface area contributed by atoms with Crippen molar-refractivity contribution in [3.8, 4) is 0 Å². The van der Waals surface area contributed by atoms with Crippen molar-refractivity contribution in [1.82, 2.24) is 15.1 Å². The molecule has 9 heteroatoms. The van der Waals surface area contributed by atoms with Gasteiger partial charge in [-0.2, -0.15) is 11.8 Å². The van der Waals surface area contributed by atoms with Crippen LogP contribution in [0.2, 0.25) is 0 Å². The molecule has 4 fully saturated rings. The minimum Gasteiger partial charge on any atom is -0.369 e. The third kappa shape index (κ3) is 5.54. The summed E-state index contributed by atoms with van der Waals surface area (Å²) in [4.78, 5) is 46.0. The predicted molar refractivity (Wildman–Crippen MR) is 146 cm³/mol. The highest BCUT2D eigenvalue weighted by Gasteiger charge is 2.53. The SMILES string of the molecule is CS[C@H]1CN(C(=O)[C@H](CC(C)C)NC(=O)c2ccc(N3CCN(C4CCC4)CC3)cc2)[C@@H]2C(=O)CO[C@H]12. The molecular weight excluding hydrogens is 488 g/mol. The molecule has 2 amide bonds. The van der Waals surface area contributed by atoms with Crippen LogP contribution in [0.4, 0.5) is 5.69 Å². The molecule has 0 radical (unpaired) electrons. The first kappa shape index (κ1) is 26.5. The van der Waals surface area contributed by atoms with Gasteiger partial charge in [-0.25, -0.2) is 0 Å². The number of carbonyl (C=O) groups is 3. The van der Waals surface area contributed by atoms with Gasteiger partial charge in [0.15, 0.2) is 5.78 Å². The number of hydrogen-bond acceptors (Lipinski definition) is 7. The Balaban J connectivity index is 1.22. The summed E-state index contributed by atoms with van der Waals surface area (Å²) in [5.41, 5.74) is 1.67. The van der Waals surface area contributed by atoms with Crippen molar-refractivity contribution in [2.24, 2.45) is 5.92 Å². The van der Waals surface area contributed by atoms with Gasteiger partial charge in [-0.3, -0.25) is 19.3 Å². The van der Waals surface area contributed by atoms with E-state index in [9.17, 15) is 14.4 Å². The van der Waals surface area contributed by atoms with Gasteiger partial charge in [-0.1, -0.05) is 20.3 Å². The van der Waals surface area contributed by atoms with Gasteiger partial charge < -0.3 is 19.9 Å². The molecule has 4 aliphatic rings. The van der Waals surface area contributed by atoms with Gasteiger partial charge in [-0.05, 0) is 55.7 Å². The molecule has 0 bridgehead atoms. The average molecular weight is 529 g/mol. The first-order valence-electron chi connectivity index (χ1n) is 13.7. The Labute approximate surface area is 224 Å². The number of ketones is 1. The van der Waals surface area contributed by atoms with E-state index in [1.54, 1.807) is 16.7 Å². The molecule has 3 saturated heterocycles. The standard InChI is InChI=1S/C28H40N4O4S/c1-18(2)15-22(28(35)32-16-24(37-3)26-25(32)23(33)17-36-26)29-27(34)19-7-9-21(10-8-19)31-13-11-30(12-14-31)20-5-4-6-20/h7-10,18,20,22,24-26H,4-6,11-17H2,1-3H3,(H,29,34)/t22-,24-,25+,26+/m0/s1. The fraction of sp³-hybridized carbons (Fsp3) is 0.679. The molecule has 1 N–H and O–H groups in total. The maximum absolute atomic E-state index is 13.6. The lowest BCUT2D eigenvalue weighted by molar-refractivity contribution is -0.138. The molecule has 1 saturated carbocycles. The van der Waals surface area contributed by atoms with Crippen LogP contribution in [0.15, 0.2) is 24.3 Å². The van der Waals surface area contributed by atoms with E-state index in [2.05, 4.69) is 15.1 Å². The minimum atomic E-state index is -0.679. The van der Waals surface area contributed by atoms with Gasteiger partial charge >= 0.3 is 0 Å². The Morgan fingerprint density at radius 1 is 1.11 bits per heavy atom. The number of carbonyl (C=O) groups excluding carboxylic acids is 3. The highest BCUT2D eigenvalue weighted by Crippen LogP contribution is 2.34. The summed E-state index contributed by atoms with van der Waals surface area (Å²) in [6.07, 6.45) is 6.28. The van der Waals surface area contributed by atoms with Crippen molar-refractivity contribution in [3.05, 3.63) is 29.8 Å². The van der Waals surface area contributed by atoms with E-state index >= 15 is 0 Å².